The Bertz CT molecular complexity index is 699. The Kier molecular flexibility index (Phi) is 5.09. The van der Waals surface area contributed by atoms with Crippen molar-refractivity contribution in [2.75, 3.05) is 24.5 Å². The molecule has 1 atom stereocenters. The molecule has 3 rings (SSSR count). The lowest BCUT2D eigenvalue weighted by Crippen LogP contribution is -2.36. The van der Waals surface area contributed by atoms with E-state index in [2.05, 4.69) is 0 Å². The first-order valence-electron chi connectivity index (χ1n) is 9.05. The molecule has 142 valence electrons. The summed E-state index contributed by atoms with van der Waals surface area (Å²) in [5.41, 5.74) is 8.14. The normalized spacial score (nSPS) is 20.5. The summed E-state index contributed by atoms with van der Waals surface area (Å²) < 4.78 is 10.7. The molecule has 0 aliphatic carbocycles. The van der Waals surface area contributed by atoms with Crippen molar-refractivity contribution < 1.29 is 19.1 Å². The molecule has 2 N–H and O–H groups in total. The Morgan fingerprint density at radius 1 is 1.35 bits per heavy atom. The van der Waals surface area contributed by atoms with Gasteiger partial charge in [-0.3, -0.25) is 4.90 Å². The summed E-state index contributed by atoms with van der Waals surface area (Å²) >= 11 is 0. The number of carbonyl (C=O) groups is 2. The summed E-state index contributed by atoms with van der Waals surface area (Å²) in [6.45, 7) is 7.56. The lowest BCUT2D eigenvalue weighted by molar-refractivity contribution is 0.0237. The van der Waals surface area contributed by atoms with Gasteiger partial charge in [-0.2, -0.15) is 0 Å². The maximum absolute atomic E-state index is 12.4. The summed E-state index contributed by atoms with van der Waals surface area (Å²) in [6, 6.07) is 5.90. The van der Waals surface area contributed by atoms with Gasteiger partial charge >= 0.3 is 12.2 Å². The van der Waals surface area contributed by atoms with Gasteiger partial charge < -0.3 is 20.1 Å². The second-order valence-electron chi connectivity index (χ2n) is 7.81. The van der Waals surface area contributed by atoms with Crippen molar-refractivity contribution in [3.05, 3.63) is 29.3 Å². The number of ether oxygens (including phenoxy) is 2. The number of nitrogens with two attached hydrogens (primary N) is 1. The topological polar surface area (TPSA) is 85.1 Å². The summed E-state index contributed by atoms with van der Waals surface area (Å²) in [6.07, 6.45) is 0.800. The van der Waals surface area contributed by atoms with Crippen LogP contribution in [0.3, 0.4) is 0 Å². The van der Waals surface area contributed by atoms with Crippen LogP contribution in [0.15, 0.2) is 18.2 Å². The SMILES string of the molecule is CC(C)(C)OC(=O)N1CCCc2cc(N3CC(CN)OC3=O)ccc2C1. The van der Waals surface area contributed by atoms with E-state index in [0.717, 1.165) is 29.7 Å². The first-order chi connectivity index (χ1) is 12.3. The molecule has 7 heteroatoms. The van der Waals surface area contributed by atoms with Crippen LogP contribution in [-0.2, 0) is 22.4 Å². The lowest BCUT2D eigenvalue weighted by atomic mass is 10.0. The second kappa shape index (κ2) is 7.15. The zero-order valence-corrected chi connectivity index (χ0v) is 15.7. The number of rotatable bonds is 2. The average Bonchev–Trinajstić information content (AvgIpc) is 2.81. The van der Waals surface area contributed by atoms with Crippen molar-refractivity contribution in [2.45, 2.75) is 51.9 Å². The first kappa shape index (κ1) is 18.5. The second-order valence-corrected chi connectivity index (χ2v) is 7.81. The van der Waals surface area contributed by atoms with Gasteiger partial charge in [0, 0.05) is 25.3 Å². The predicted molar refractivity (Wildman–Crippen MR) is 98.1 cm³/mol. The van der Waals surface area contributed by atoms with Gasteiger partial charge in [0.25, 0.3) is 0 Å². The minimum atomic E-state index is -0.508. The number of amides is 2. The number of fused-ring (bicyclic) bond motifs is 1. The number of aryl methyl sites for hydroxylation is 1. The van der Waals surface area contributed by atoms with Crippen LogP contribution in [0.4, 0.5) is 15.3 Å². The van der Waals surface area contributed by atoms with E-state index in [1.54, 1.807) is 9.80 Å². The Morgan fingerprint density at radius 2 is 2.12 bits per heavy atom. The molecule has 0 saturated carbocycles. The summed E-state index contributed by atoms with van der Waals surface area (Å²) in [5.74, 6) is 0. The molecule has 0 aromatic heterocycles. The molecule has 1 fully saturated rings. The summed E-state index contributed by atoms with van der Waals surface area (Å²) in [7, 11) is 0. The number of hydrogen-bond acceptors (Lipinski definition) is 5. The van der Waals surface area contributed by atoms with E-state index in [9.17, 15) is 9.59 Å². The fraction of sp³-hybridized carbons (Fsp3) is 0.579. The molecule has 0 spiro atoms. The van der Waals surface area contributed by atoms with Crippen molar-refractivity contribution in [1.29, 1.82) is 0 Å². The van der Waals surface area contributed by atoms with Crippen LogP contribution < -0.4 is 10.6 Å². The van der Waals surface area contributed by atoms with Crippen molar-refractivity contribution in [1.82, 2.24) is 4.90 Å². The number of hydrogen-bond donors (Lipinski definition) is 1. The van der Waals surface area contributed by atoms with Crippen LogP contribution in [0.25, 0.3) is 0 Å². The molecular weight excluding hydrogens is 334 g/mol. The molecule has 26 heavy (non-hydrogen) atoms. The smallest absolute Gasteiger partial charge is 0.414 e. The van der Waals surface area contributed by atoms with Gasteiger partial charge in [0.15, 0.2) is 0 Å². The minimum Gasteiger partial charge on any atom is -0.444 e. The van der Waals surface area contributed by atoms with Crippen LogP contribution in [0.1, 0.15) is 38.3 Å². The quantitative estimate of drug-likeness (QED) is 0.875. The van der Waals surface area contributed by atoms with Crippen molar-refractivity contribution >= 4 is 17.9 Å². The first-order valence-corrected chi connectivity index (χ1v) is 9.05. The molecule has 0 radical (unpaired) electrons. The average molecular weight is 361 g/mol. The Balaban J connectivity index is 1.76. The third-order valence-corrected chi connectivity index (χ3v) is 4.53. The van der Waals surface area contributed by atoms with E-state index in [0.29, 0.717) is 26.2 Å². The van der Waals surface area contributed by atoms with E-state index >= 15 is 0 Å². The molecule has 7 nitrogen and oxygen atoms in total. The third kappa shape index (κ3) is 4.09. The molecule has 1 unspecified atom stereocenters. The summed E-state index contributed by atoms with van der Waals surface area (Å²) in [5, 5.41) is 0. The fourth-order valence-electron chi connectivity index (χ4n) is 3.25. The monoisotopic (exact) mass is 361 g/mol. The predicted octanol–water partition coefficient (Wildman–Crippen LogP) is 2.65. The van der Waals surface area contributed by atoms with Gasteiger partial charge in [0.2, 0.25) is 0 Å². The number of cyclic esters (lactones) is 1. The Hall–Kier alpha value is -2.28. The summed E-state index contributed by atoms with van der Waals surface area (Å²) in [4.78, 5) is 27.8. The zero-order chi connectivity index (χ0) is 18.9. The molecule has 2 heterocycles. The third-order valence-electron chi connectivity index (χ3n) is 4.53. The highest BCUT2D eigenvalue weighted by Gasteiger charge is 2.32. The molecule has 2 amide bonds. The van der Waals surface area contributed by atoms with Crippen LogP contribution in [0, 0.1) is 0 Å². The maximum atomic E-state index is 12.4. The highest BCUT2D eigenvalue weighted by atomic mass is 16.6. The number of nitrogens with zero attached hydrogens (tertiary/aromatic N) is 2. The van der Waals surface area contributed by atoms with Crippen LogP contribution >= 0.6 is 0 Å². The van der Waals surface area contributed by atoms with E-state index in [1.165, 1.54) is 0 Å². The van der Waals surface area contributed by atoms with Crippen LogP contribution in [0.2, 0.25) is 0 Å². The van der Waals surface area contributed by atoms with Crippen molar-refractivity contribution in [3.63, 3.8) is 0 Å². The number of carbonyl (C=O) groups excluding carboxylic acids is 2. The van der Waals surface area contributed by atoms with Crippen LogP contribution in [-0.4, -0.2) is 48.4 Å². The van der Waals surface area contributed by atoms with Gasteiger partial charge in [0.1, 0.15) is 11.7 Å². The maximum Gasteiger partial charge on any atom is 0.414 e. The van der Waals surface area contributed by atoms with Gasteiger partial charge in [-0.05, 0) is 56.9 Å². The van der Waals surface area contributed by atoms with E-state index in [1.807, 2.05) is 39.0 Å². The number of benzene rings is 1. The van der Waals surface area contributed by atoms with Gasteiger partial charge in [-0.25, -0.2) is 9.59 Å². The van der Waals surface area contributed by atoms with Gasteiger partial charge in [-0.1, -0.05) is 6.07 Å². The minimum absolute atomic E-state index is 0.260. The van der Waals surface area contributed by atoms with Gasteiger partial charge in [-0.15, -0.1) is 0 Å². The van der Waals surface area contributed by atoms with Crippen molar-refractivity contribution in [2.24, 2.45) is 5.73 Å². The fourth-order valence-corrected chi connectivity index (χ4v) is 3.25. The van der Waals surface area contributed by atoms with E-state index in [4.69, 9.17) is 15.2 Å². The Morgan fingerprint density at radius 3 is 2.77 bits per heavy atom. The van der Waals surface area contributed by atoms with Gasteiger partial charge in [0.05, 0.1) is 6.54 Å². The van der Waals surface area contributed by atoms with Crippen molar-refractivity contribution in [3.8, 4) is 0 Å². The zero-order valence-electron chi connectivity index (χ0n) is 15.7. The highest BCUT2D eigenvalue weighted by molar-refractivity contribution is 5.90. The molecule has 0 bridgehead atoms. The van der Waals surface area contributed by atoms with E-state index in [-0.39, 0.29) is 18.3 Å². The molecule has 2 aliphatic rings. The molecule has 1 aromatic rings. The largest absolute Gasteiger partial charge is 0.444 e. The molecule has 2 aliphatic heterocycles. The van der Waals surface area contributed by atoms with E-state index < -0.39 is 5.60 Å². The highest BCUT2D eigenvalue weighted by Crippen LogP contribution is 2.28. The van der Waals surface area contributed by atoms with Crippen LogP contribution in [0.5, 0.6) is 0 Å². The molecule has 1 aromatic carbocycles. The molecular formula is C19H27N3O4. The molecule has 1 saturated heterocycles. The lowest BCUT2D eigenvalue weighted by Gasteiger charge is -2.26. The number of anilines is 1. The Labute approximate surface area is 154 Å². The standard InChI is InChI=1S/C19H27N3O4/c1-19(2,3)26-17(23)21-8-4-5-13-9-15(7-6-14(13)11-21)22-12-16(10-20)25-18(22)24/h6-7,9,16H,4-5,8,10-12,20H2,1-3H3.